The highest BCUT2D eigenvalue weighted by Gasteiger charge is 2.13. The van der Waals surface area contributed by atoms with E-state index in [0.717, 1.165) is 22.4 Å². The molecule has 5 heteroatoms. The van der Waals surface area contributed by atoms with Crippen molar-refractivity contribution >= 4 is 9.84 Å². The summed E-state index contributed by atoms with van der Waals surface area (Å²) in [6.07, 6.45) is 3.17. The monoisotopic (exact) mass is 312 g/mol. The highest BCUT2D eigenvalue weighted by Crippen LogP contribution is 2.31. The number of nitrogens with zero attached hydrogens (tertiary/aromatic N) is 2. The highest BCUT2D eigenvalue weighted by molar-refractivity contribution is 7.90. The Hall–Kier alpha value is -2.40. The van der Waals surface area contributed by atoms with Crippen LogP contribution >= 0.6 is 0 Å². The van der Waals surface area contributed by atoms with Crippen LogP contribution in [0.4, 0.5) is 0 Å². The van der Waals surface area contributed by atoms with E-state index in [0.29, 0.717) is 4.90 Å². The van der Waals surface area contributed by atoms with Crippen LogP contribution in [0.2, 0.25) is 0 Å². The smallest absolute Gasteiger partial charge is 0.175 e. The molecule has 0 aliphatic carbocycles. The van der Waals surface area contributed by atoms with Crippen molar-refractivity contribution in [2.75, 3.05) is 6.26 Å². The third-order valence-corrected chi connectivity index (χ3v) is 4.60. The van der Waals surface area contributed by atoms with Crippen molar-refractivity contribution in [3.63, 3.8) is 0 Å². The molecular weight excluding hydrogens is 296 g/mol. The molecule has 0 N–H and O–H groups in total. The molecule has 0 bridgehead atoms. The van der Waals surface area contributed by atoms with Crippen molar-refractivity contribution in [3.8, 4) is 22.4 Å². The van der Waals surface area contributed by atoms with E-state index in [2.05, 4.69) is 5.10 Å². The van der Waals surface area contributed by atoms with Gasteiger partial charge in [0.05, 0.1) is 4.90 Å². The highest BCUT2D eigenvalue weighted by atomic mass is 32.2. The van der Waals surface area contributed by atoms with E-state index in [9.17, 15) is 8.42 Å². The molecule has 0 atom stereocenters. The second kappa shape index (κ2) is 5.42. The minimum atomic E-state index is -3.18. The molecule has 3 aromatic rings. The summed E-state index contributed by atoms with van der Waals surface area (Å²) in [7, 11) is -1.31. The first-order valence-electron chi connectivity index (χ1n) is 6.85. The minimum Gasteiger partial charge on any atom is -0.275 e. The van der Waals surface area contributed by atoms with Crippen LogP contribution in [0.15, 0.2) is 65.7 Å². The van der Waals surface area contributed by atoms with E-state index in [1.165, 1.54) is 6.26 Å². The molecule has 0 fully saturated rings. The van der Waals surface area contributed by atoms with Crippen LogP contribution in [0.1, 0.15) is 0 Å². The molecule has 0 aliphatic rings. The van der Waals surface area contributed by atoms with Gasteiger partial charge in [-0.2, -0.15) is 5.10 Å². The van der Waals surface area contributed by atoms with E-state index in [1.807, 2.05) is 43.6 Å². The average molecular weight is 312 g/mol. The average Bonchev–Trinajstić information content (AvgIpc) is 2.89. The van der Waals surface area contributed by atoms with E-state index >= 15 is 0 Å². The lowest BCUT2D eigenvalue weighted by Gasteiger charge is -2.04. The minimum absolute atomic E-state index is 0.313. The standard InChI is InChI=1S/C17H16N2O2S/c1-19-12-16(13-6-4-3-5-7-13)17(18-19)14-8-10-15(11-9-14)22(2,20)21/h3-12H,1-2H3. The Kier molecular flexibility index (Phi) is 3.58. The van der Waals surface area contributed by atoms with Crippen molar-refractivity contribution in [1.82, 2.24) is 9.78 Å². The second-order valence-corrected chi connectivity index (χ2v) is 7.24. The van der Waals surface area contributed by atoms with E-state index in [4.69, 9.17) is 0 Å². The van der Waals surface area contributed by atoms with Gasteiger partial charge in [-0.3, -0.25) is 4.68 Å². The lowest BCUT2D eigenvalue weighted by Crippen LogP contribution is -1.96. The molecule has 0 saturated heterocycles. The van der Waals surface area contributed by atoms with Crippen LogP contribution in [0.5, 0.6) is 0 Å². The van der Waals surface area contributed by atoms with Crippen molar-refractivity contribution in [1.29, 1.82) is 0 Å². The molecule has 0 spiro atoms. The van der Waals surface area contributed by atoms with Gasteiger partial charge in [0.1, 0.15) is 5.69 Å². The molecule has 0 radical (unpaired) electrons. The predicted molar refractivity (Wildman–Crippen MR) is 87.2 cm³/mol. The SMILES string of the molecule is Cn1cc(-c2ccccc2)c(-c2ccc(S(C)(=O)=O)cc2)n1. The van der Waals surface area contributed by atoms with Crippen molar-refractivity contribution in [3.05, 3.63) is 60.8 Å². The quantitative estimate of drug-likeness (QED) is 0.746. The van der Waals surface area contributed by atoms with Gasteiger partial charge < -0.3 is 0 Å². The first kappa shape index (κ1) is 14.5. The normalized spacial score (nSPS) is 11.5. The van der Waals surface area contributed by atoms with Crippen molar-refractivity contribution in [2.24, 2.45) is 7.05 Å². The molecule has 0 aliphatic heterocycles. The molecule has 22 heavy (non-hydrogen) atoms. The molecule has 3 rings (SSSR count). The molecule has 0 amide bonds. The fourth-order valence-corrected chi connectivity index (χ4v) is 3.02. The van der Waals surface area contributed by atoms with Crippen LogP contribution in [-0.4, -0.2) is 24.5 Å². The Morgan fingerprint density at radius 2 is 1.55 bits per heavy atom. The summed E-state index contributed by atoms with van der Waals surface area (Å²) in [5.41, 5.74) is 3.84. The molecule has 1 aromatic heterocycles. The van der Waals surface area contributed by atoms with Gasteiger partial charge in [-0.1, -0.05) is 42.5 Å². The Morgan fingerprint density at radius 3 is 2.14 bits per heavy atom. The Balaban J connectivity index is 2.10. The Labute approximate surface area is 130 Å². The van der Waals surface area contributed by atoms with Crippen LogP contribution in [0.25, 0.3) is 22.4 Å². The maximum absolute atomic E-state index is 11.6. The number of sulfone groups is 1. The van der Waals surface area contributed by atoms with E-state index < -0.39 is 9.84 Å². The van der Waals surface area contributed by atoms with Gasteiger partial charge >= 0.3 is 0 Å². The van der Waals surface area contributed by atoms with E-state index in [-0.39, 0.29) is 0 Å². The van der Waals surface area contributed by atoms with Crippen molar-refractivity contribution in [2.45, 2.75) is 4.90 Å². The molecule has 0 saturated carbocycles. The summed E-state index contributed by atoms with van der Waals surface area (Å²) < 4.78 is 24.9. The number of aromatic nitrogens is 2. The van der Waals surface area contributed by atoms with Gasteiger partial charge in [0, 0.05) is 30.6 Å². The summed E-state index contributed by atoms with van der Waals surface area (Å²) in [5.74, 6) is 0. The largest absolute Gasteiger partial charge is 0.275 e. The third kappa shape index (κ3) is 2.80. The predicted octanol–water partition coefficient (Wildman–Crippen LogP) is 3.16. The maximum atomic E-state index is 11.6. The van der Waals surface area contributed by atoms with Gasteiger partial charge in [-0.15, -0.1) is 0 Å². The number of aryl methyl sites for hydroxylation is 1. The number of hydrogen-bond donors (Lipinski definition) is 0. The molecule has 112 valence electrons. The van der Waals surface area contributed by atoms with Crippen LogP contribution in [-0.2, 0) is 16.9 Å². The van der Waals surface area contributed by atoms with Gasteiger partial charge in [0.15, 0.2) is 9.84 Å². The number of hydrogen-bond acceptors (Lipinski definition) is 3. The van der Waals surface area contributed by atoms with Crippen LogP contribution < -0.4 is 0 Å². The maximum Gasteiger partial charge on any atom is 0.175 e. The molecule has 1 heterocycles. The molecule has 2 aromatic carbocycles. The third-order valence-electron chi connectivity index (χ3n) is 3.47. The fourth-order valence-electron chi connectivity index (χ4n) is 2.39. The second-order valence-electron chi connectivity index (χ2n) is 5.23. The van der Waals surface area contributed by atoms with Gasteiger partial charge in [0.2, 0.25) is 0 Å². The molecule has 0 unspecified atom stereocenters. The van der Waals surface area contributed by atoms with Crippen molar-refractivity contribution < 1.29 is 8.42 Å². The van der Waals surface area contributed by atoms with Crippen LogP contribution in [0, 0.1) is 0 Å². The van der Waals surface area contributed by atoms with E-state index in [1.54, 1.807) is 28.9 Å². The molecular formula is C17H16N2O2S. The topological polar surface area (TPSA) is 52.0 Å². The summed E-state index contributed by atoms with van der Waals surface area (Å²) in [6.45, 7) is 0. The Bertz CT molecular complexity index is 896. The summed E-state index contributed by atoms with van der Waals surface area (Å²) in [6, 6.07) is 16.8. The zero-order valence-corrected chi connectivity index (χ0v) is 13.2. The van der Waals surface area contributed by atoms with Gasteiger partial charge in [-0.05, 0) is 17.7 Å². The summed E-state index contributed by atoms with van der Waals surface area (Å²) in [4.78, 5) is 0.313. The lowest BCUT2D eigenvalue weighted by atomic mass is 10.0. The van der Waals surface area contributed by atoms with Gasteiger partial charge in [0.25, 0.3) is 0 Å². The first-order valence-corrected chi connectivity index (χ1v) is 8.74. The fraction of sp³-hybridized carbons (Fsp3) is 0.118. The number of benzene rings is 2. The number of rotatable bonds is 3. The summed E-state index contributed by atoms with van der Waals surface area (Å²) in [5, 5.41) is 4.52. The zero-order chi connectivity index (χ0) is 15.7. The lowest BCUT2D eigenvalue weighted by molar-refractivity contribution is 0.602. The Morgan fingerprint density at radius 1 is 0.909 bits per heavy atom. The van der Waals surface area contributed by atoms with Crippen LogP contribution in [0.3, 0.4) is 0 Å². The van der Waals surface area contributed by atoms with Gasteiger partial charge in [-0.25, -0.2) is 8.42 Å². The zero-order valence-electron chi connectivity index (χ0n) is 12.4. The first-order chi connectivity index (χ1) is 10.4. The molecule has 4 nitrogen and oxygen atoms in total. The summed E-state index contributed by atoms with van der Waals surface area (Å²) >= 11 is 0.